The molecule has 2 rings (SSSR count). The average Bonchev–Trinajstić information content (AvgIpc) is 2.43. The summed E-state index contributed by atoms with van der Waals surface area (Å²) in [7, 11) is 1.63. The van der Waals surface area contributed by atoms with Gasteiger partial charge in [-0.2, -0.15) is 0 Å². The highest BCUT2D eigenvalue weighted by atomic mass is 35.5. The van der Waals surface area contributed by atoms with Crippen LogP contribution in [0.4, 0.5) is 0 Å². The number of nitrogens with one attached hydrogen (secondary N) is 1. The number of pyridine rings is 1. The summed E-state index contributed by atoms with van der Waals surface area (Å²) < 4.78 is 5.39. The minimum Gasteiger partial charge on any atom is -0.495 e. The lowest BCUT2D eigenvalue weighted by Crippen LogP contribution is -2.23. The van der Waals surface area contributed by atoms with Gasteiger partial charge in [0, 0.05) is 16.2 Å². The van der Waals surface area contributed by atoms with E-state index in [1.54, 1.807) is 19.4 Å². The molecule has 0 aliphatic carbocycles. The highest BCUT2D eigenvalue weighted by molar-refractivity contribution is 6.34. The molecular weight excluding hydrogens is 295 g/mol. The van der Waals surface area contributed by atoms with Crippen LogP contribution in [0.15, 0.2) is 36.5 Å². The zero-order valence-electron chi connectivity index (χ0n) is 11.4. The monoisotopic (exact) mass is 310 g/mol. The largest absolute Gasteiger partial charge is 0.495 e. The van der Waals surface area contributed by atoms with E-state index in [1.165, 1.54) is 0 Å². The molecule has 0 spiro atoms. The molecule has 0 saturated heterocycles. The number of rotatable bonds is 5. The maximum absolute atomic E-state index is 6.09. The van der Waals surface area contributed by atoms with E-state index in [0.717, 1.165) is 23.6 Å². The quantitative estimate of drug-likeness (QED) is 0.903. The van der Waals surface area contributed by atoms with Crippen molar-refractivity contribution in [1.82, 2.24) is 10.3 Å². The molecule has 20 heavy (non-hydrogen) atoms. The van der Waals surface area contributed by atoms with Gasteiger partial charge >= 0.3 is 0 Å². The summed E-state index contributed by atoms with van der Waals surface area (Å²) in [6.07, 6.45) is 1.74. The minimum absolute atomic E-state index is 0.118. The van der Waals surface area contributed by atoms with Gasteiger partial charge in [0.1, 0.15) is 11.4 Å². The molecule has 0 saturated carbocycles. The summed E-state index contributed by atoms with van der Waals surface area (Å²) in [5.41, 5.74) is 1.77. The van der Waals surface area contributed by atoms with E-state index in [-0.39, 0.29) is 6.04 Å². The summed E-state index contributed by atoms with van der Waals surface area (Å²) in [4.78, 5) is 4.43. The van der Waals surface area contributed by atoms with Gasteiger partial charge in [-0.15, -0.1) is 0 Å². The van der Waals surface area contributed by atoms with Crippen LogP contribution in [0.2, 0.25) is 10.0 Å². The Balaban J connectivity index is 2.50. The molecule has 1 aromatic carbocycles. The Kier molecular flexibility index (Phi) is 5.24. The second-order valence-electron chi connectivity index (χ2n) is 4.28. The van der Waals surface area contributed by atoms with Crippen LogP contribution in [0.1, 0.15) is 24.2 Å². The molecule has 0 bridgehead atoms. The summed E-state index contributed by atoms with van der Waals surface area (Å²) in [6.45, 7) is 2.82. The van der Waals surface area contributed by atoms with Gasteiger partial charge < -0.3 is 10.1 Å². The summed E-state index contributed by atoms with van der Waals surface area (Å²) >= 11 is 12.2. The normalized spacial score (nSPS) is 12.2. The van der Waals surface area contributed by atoms with Crippen molar-refractivity contribution in [3.8, 4) is 5.75 Å². The van der Waals surface area contributed by atoms with Crippen LogP contribution in [0, 0.1) is 0 Å². The molecule has 1 heterocycles. The van der Waals surface area contributed by atoms with Gasteiger partial charge in [0.2, 0.25) is 0 Å². The maximum Gasteiger partial charge on any atom is 0.142 e. The Morgan fingerprint density at radius 2 is 1.95 bits per heavy atom. The van der Waals surface area contributed by atoms with Crippen LogP contribution >= 0.6 is 23.2 Å². The SMILES string of the molecule is CCNC(c1cc(Cl)cc(Cl)c1)c1ncccc1OC. The van der Waals surface area contributed by atoms with Crippen LogP contribution < -0.4 is 10.1 Å². The van der Waals surface area contributed by atoms with Crippen molar-refractivity contribution in [3.05, 3.63) is 57.8 Å². The first-order valence-corrected chi connectivity index (χ1v) is 7.09. The van der Waals surface area contributed by atoms with Crippen LogP contribution in [-0.2, 0) is 0 Å². The fourth-order valence-electron chi connectivity index (χ4n) is 2.11. The third-order valence-electron chi connectivity index (χ3n) is 2.92. The van der Waals surface area contributed by atoms with Crippen molar-refractivity contribution in [2.45, 2.75) is 13.0 Å². The summed E-state index contributed by atoms with van der Waals surface area (Å²) in [5, 5.41) is 4.59. The molecule has 1 unspecified atom stereocenters. The van der Waals surface area contributed by atoms with E-state index in [4.69, 9.17) is 27.9 Å². The molecule has 5 heteroatoms. The Labute approximate surface area is 128 Å². The standard InChI is InChI=1S/C15H16Cl2N2O/c1-3-18-14(10-7-11(16)9-12(17)8-10)15-13(20-2)5-4-6-19-15/h4-9,14,18H,3H2,1-2H3. The van der Waals surface area contributed by atoms with Gasteiger partial charge in [-0.25, -0.2) is 0 Å². The molecule has 106 valence electrons. The van der Waals surface area contributed by atoms with Gasteiger partial charge in [-0.1, -0.05) is 30.1 Å². The second kappa shape index (κ2) is 6.93. The van der Waals surface area contributed by atoms with E-state index < -0.39 is 0 Å². The van der Waals surface area contributed by atoms with Crippen LogP contribution in [0.5, 0.6) is 5.75 Å². The molecule has 0 amide bonds. The van der Waals surface area contributed by atoms with Crippen LogP contribution in [0.25, 0.3) is 0 Å². The van der Waals surface area contributed by atoms with Gasteiger partial charge in [-0.3, -0.25) is 4.98 Å². The van der Waals surface area contributed by atoms with E-state index in [9.17, 15) is 0 Å². The lowest BCUT2D eigenvalue weighted by Gasteiger charge is -2.20. The number of halogens is 2. The fraction of sp³-hybridized carbons (Fsp3) is 0.267. The molecule has 1 atom stereocenters. The Hall–Kier alpha value is -1.29. The predicted octanol–water partition coefficient (Wildman–Crippen LogP) is 4.10. The zero-order valence-corrected chi connectivity index (χ0v) is 12.9. The Bertz CT molecular complexity index is 570. The molecule has 2 aromatic rings. The number of ether oxygens (including phenoxy) is 1. The van der Waals surface area contributed by atoms with Gasteiger partial charge in [0.25, 0.3) is 0 Å². The molecule has 1 aromatic heterocycles. The molecule has 0 radical (unpaired) electrons. The molecular formula is C15H16Cl2N2O. The maximum atomic E-state index is 6.09. The smallest absolute Gasteiger partial charge is 0.142 e. The molecule has 0 aliphatic heterocycles. The highest BCUT2D eigenvalue weighted by Gasteiger charge is 2.19. The lowest BCUT2D eigenvalue weighted by molar-refractivity contribution is 0.400. The van der Waals surface area contributed by atoms with Gasteiger partial charge in [-0.05, 0) is 42.4 Å². The number of hydrogen-bond donors (Lipinski definition) is 1. The summed E-state index contributed by atoms with van der Waals surface area (Å²) in [5.74, 6) is 0.731. The van der Waals surface area contributed by atoms with E-state index >= 15 is 0 Å². The van der Waals surface area contributed by atoms with Crippen LogP contribution in [0.3, 0.4) is 0 Å². The number of methoxy groups -OCH3 is 1. The average molecular weight is 311 g/mol. The molecule has 0 fully saturated rings. The van der Waals surface area contributed by atoms with Crippen molar-refractivity contribution in [3.63, 3.8) is 0 Å². The van der Waals surface area contributed by atoms with E-state index in [2.05, 4.69) is 10.3 Å². The number of aromatic nitrogens is 1. The third kappa shape index (κ3) is 3.42. The van der Waals surface area contributed by atoms with Crippen LogP contribution in [-0.4, -0.2) is 18.6 Å². The molecule has 1 N–H and O–H groups in total. The van der Waals surface area contributed by atoms with Crippen molar-refractivity contribution >= 4 is 23.2 Å². The molecule has 0 aliphatic rings. The fourth-order valence-corrected chi connectivity index (χ4v) is 2.65. The number of hydrogen-bond acceptors (Lipinski definition) is 3. The molecule has 3 nitrogen and oxygen atoms in total. The minimum atomic E-state index is -0.118. The third-order valence-corrected chi connectivity index (χ3v) is 3.36. The Morgan fingerprint density at radius 3 is 2.55 bits per heavy atom. The van der Waals surface area contributed by atoms with E-state index in [0.29, 0.717) is 10.0 Å². The summed E-state index contributed by atoms with van der Waals surface area (Å²) in [6, 6.07) is 9.09. The van der Waals surface area contributed by atoms with Gasteiger partial charge in [0.05, 0.1) is 13.2 Å². The first-order valence-electron chi connectivity index (χ1n) is 6.34. The Morgan fingerprint density at radius 1 is 1.25 bits per heavy atom. The second-order valence-corrected chi connectivity index (χ2v) is 5.16. The van der Waals surface area contributed by atoms with Crippen molar-refractivity contribution < 1.29 is 4.74 Å². The number of benzene rings is 1. The van der Waals surface area contributed by atoms with Crippen molar-refractivity contribution in [2.75, 3.05) is 13.7 Å². The predicted molar refractivity (Wildman–Crippen MR) is 82.8 cm³/mol. The highest BCUT2D eigenvalue weighted by Crippen LogP contribution is 2.31. The van der Waals surface area contributed by atoms with Crippen molar-refractivity contribution in [1.29, 1.82) is 0 Å². The number of nitrogens with zero attached hydrogens (tertiary/aromatic N) is 1. The zero-order chi connectivity index (χ0) is 14.5. The first-order chi connectivity index (χ1) is 9.65. The van der Waals surface area contributed by atoms with Crippen molar-refractivity contribution in [2.24, 2.45) is 0 Å². The topological polar surface area (TPSA) is 34.2 Å². The van der Waals surface area contributed by atoms with E-state index in [1.807, 2.05) is 31.2 Å². The van der Waals surface area contributed by atoms with Gasteiger partial charge in [0.15, 0.2) is 0 Å². The lowest BCUT2D eigenvalue weighted by atomic mass is 10.0. The first kappa shape index (κ1) is 15.1.